The van der Waals surface area contributed by atoms with Crippen LogP contribution in [0.15, 0.2) is 17.0 Å². The van der Waals surface area contributed by atoms with Crippen LogP contribution < -0.4 is 19.9 Å². The molecule has 0 bridgehead atoms. The Balaban J connectivity index is 2.36. The predicted molar refractivity (Wildman–Crippen MR) is 76.5 cm³/mol. The fourth-order valence-corrected chi connectivity index (χ4v) is 3.60. The van der Waals surface area contributed by atoms with Crippen LogP contribution >= 0.6 is 0 Å². The Morgan fingerprint density at radius 1 is 1.25 bits per heavy atom. The SMILES string of the molecule is COc1cc(OC)c(S(=O)(=O)NC(C)C2CC2)cc1N. The number of benzene rings is 1. The van der Waals surface area contributed by atoms with E-state index in [0.29, 0.717) is 11.7 Å². The molecule has 0 spiro atoms. The van der Waals surface area contributed by atoms with E-state index in [0.717, 1.165) is 12.8 Å². The first-order chi connectivity index (χ1) is 9.39. The third-order valence-electron chi connectivity index (χ3n) is 3.48. The van der Waals surface area contributed by atoms with Gasteiger partial charge in [-0.3, -0.25) is 0 Å². The van der Waals surface area contributed by atoms with E-state index in [1.54, 1.807) is 0 Å². The minimum absolute atomic E-state index is 0.0331. The molecular formula is C13H20N2O4S. The van der Waals surface area contributed by atoms with Gasteiger partial charge in [0.1, 0.15) is 16.4 Å². The zero-order chi connectivity index (χ0) is 14.9. The molecule has 1 aliphatic rings. The molecule has 1 aromatic carbocycles. The summed E-state index contributed by atoms with van der Waals surface area (Å²) in [5.74, 6) is 1.02. The van der Waals surface area contributed by atoms with Gasteiger partial charge >= 0.3 is 0 Å². The van der Waals surface area contributed by atoms with Crippen molar-refractivity contribution < 1.29 is 17.9 Å². The summed E-state index contributed by atoms with van der Waals surface area (Å²) < 4.78 is 37.7. The van der Waals surface area contributed by atoms with E-state index in [1.807, 2.05) is 6.92 Å². The molecule has 0 aliphatic heterocycles. The molecule has 20 heavy (non-hydrogen) atoms. The highest BCUT2D eigenvalue weighted by Gasteiger charge is 2.32. The van der Waals surface area contributed by atoms with Gasteiger partial charge in [-0.2, -0.15) is 0 Å². The molecule has 0 amide bonds. The van der Waals surface area contributed by atoms with E-state index in [-0.39, 0.29) is 22.4 Å². The highest BCUT2D eigenvalue weighted by molar-refractivity contribution is 7.89. The number of hydrogen-bond donors (Lipinski definition) is 2. The maximum absolute atomic E-state index is 12.4. The van der Waals surface area contributed by atoms with Crippen LogP contribution in [-0.2, 0) is 10.0 Å². The van der Waals surface area contributed by atoms with Crippen LogP contribution in [0.5, 0.6) is 11.5 Å². The van der Waals surface area contributed by atoms with E-state index < -0.39 is 10.0 Å². The highest BCUT2D eigenvalue weighted by Crippen LogP contribution is 2.36. The summed E-state index contributed by atoms with van der Waals surface area (Å²) in [7, 11) is -0.789. The Labute approximate surface area is 119 Å². The van der Waals surface area contributed by atoms with Crippen LogP contribution in [0.1, 0.15) is 19.8 Å². The van der Waals surface area contributed by atoms with Crippen molar-refractivity contribution in [3.8, 4) is 11.5 Å². The average molecular weight is 300 g/mol. The van der Waals surface area contributed by atoms with Crippen molar-refractivity contribution in [3.05, 3.63) is 12.1 Å². The Kier molecular flexibility index (Phi) is 4.10. The smallest absolute Gasteiger partial charge is 0.244 e. The molecule has 1 aromatic rings. The second-order valence-electron chi connectivity index (χ2n) is 4.99. The van der Waals surface area contributed by atoms with Crippen molar-refractivity contribution in [1.82, 2.24) is 4.72 Å². The van der Waals surface area contributed by atoms with E-state index in [1.165, 1.54) is 26.4 Å². The molecule has 7 heteroatoms. The second kappa shape index (κ2) is 5.49. The molecule has 1 unspecified atom stereocenters. The van der Waals surface area contributed by atoms with Gasteiger partial charge < -0.3 is 15.2 Å². The lowest BCUT2D eigenvalue weighted by molar-refractivity contribution is 0.387. The van der Waals surface area contributed by atoms with Crippen LogP contribution in [0.25, 0.3) is 0 Å². The number of anilines is 1. The van der Waals surface area contributed by atoms with Gasteiger partial charge in [-0.15, -0.1) is 0 Å². The van der Waals surface area contributed by atoms with Gasteiger partial charge in [0, 0.05) is 12.1 Å². The molecule has 6 nitrogen and oxygen atoms in total. The molecule has 0 aromatic heterocycles. The number of sulfonamides is 1. The van der Waals surface area contributed by atoms with Crippen molar-refractivity contribution in [3.63, 3.8) is 0 Å². The number of nitrogen functional groups attached to an aromatic ring is 1. The lowest BCUT2D eigenvalue weighted by Crippen LogP contribution is -2.34. The molecule has 3 N–H and O–H groups in total. The van der Waals surface area contributed by atoms with Gasteiger partial charge in [-0.05, 0) is 31.7 Å². The summed E-state index contributed by atoms with van der Waals surface area (Å²) in [6, 6.07) is 2.75. The summed E-state index contributed by atoms with van der Waals surface area (Å²) in [4.78, 5) is 0.0331. The van der Waals surface area contributed by atoms with Gasteiger partial charge in [0.25, 0.3) is 0 Å². The van der Waals surface area contributed by atoms with E-state index in [9.17, 15) is 8.42 Å². The number of nitrogens with one attached hydrogen (secondary N) is 1. The molecule has 0 heterocycles. The van der Waals surface area contributed by atoms with Crippen molar-refractivity contribution in [2.75, 3.05) is 20.0 Å². The fourth-order valence-electron chi connectivity index (χ4n) is 2.10. The van der Waals surface area contributed by atoms with E-state index >= 15 is 0 Å². The normalized spacial score (nSPS) is 16.8. The van der Waals surface area contributed by atoms with E-state index in [2.05, 4.69) is 4.72 Å². The molecule has 2 rings (SSSR count). The zero-order valence-electron chi connectivity index (χ0n) is 11.8. The largest absolute Gasteiger partial charge is 0.495 e. The van der Waals surface area contributed by atoms with Crippen LogP contribution in [0.3, 0.4) is 0 Å². The third kappa shape index (κ3) is 2.99. The quantitative estimate of drug-likeness (QED) is 0.774. The van der Waals surface area contributed by atoms with Crippen LogP contribution in [0.4, 0.5) is 5.69 Å². The molecule has 1 saturated carbocycles. The minimum Gasteiger partial charge on any atom is -0.495 e. The molecule has 1 aliphatic carbocycles. The summed E-state index contributed by atoms with van der Waals surface area (Å²) in [5.41, 5.74) is 6.04. The maximum Gasteiger partial charge on any atom is 0.244 e. The third-order valence-corrected chi connectivity index (χ3v) is 5.06. The summed E-state index contributed by atoms with van der Waals surface area (Å²) in [5, 5.41) is 0. The first-order valence-corrected chi connectivity index (χ1v) is 7.91. The molecule has 1 fully saturated rings. The fraction of sp³-hybridized carbons (Fsp3) is 0.538. The van der Waals surface area contributed by atoms with Crippen LogP contribution in [0, 0.1) is 5.92 Å². The van der Waals surface area contributed by atoms with Crippen molar-refractivity contribution >= 4 is 15.7 Å². The number of hydrogen-bond acceptors (Lipinski definition) is 5. The van der Waals surface area contributed by atoms with Gasteiger partial charge in [-0.25, -0.2) is 13.1 Å². The Morgan fingerprint density at radius 2 is 1.85 bits per heavy atom. The summed E-state index contributed by atoms with van der Waals surface area (Å²) in [6.45, 7) is 1.87. The number of methoxy groups -OCH3 is 2. The number of ether oxygens (including phenoxy) is 2. The molecule has 0 radical (unpaired) electrons. The lowest BCUT2D eigenvalue weighted by atomic mass is 10.2. The molecule has 112 valence electrons. The zero-order valence-corrected chi connectivity index (χ0v) is 12.7. The van der Waals surface area contributed by atoms with Gasteiger partial charge in [0.05, 0.1) is 19.9 Å². The molecule has 1 atom stereocenters. The number of nitrogens with two attached hydrogens (primary N) is 1. The van der Waals surface area contributed by atoms with Gasteiger partial charge in [0.15, 0.2) is 0 Å². The average Bonchev–Trinajstić information content (AvgIpc) is 3.22. The monoisotopic (exact) mass is 300 g/mol. The van der Waals surface area contributed by atoms with E-state index in [4.69, 9.17) is 15.2 Å². The van der Waals surface area contributed by atoms with Gasteiger partial charge in [0.2, 0.25) is 10.0 Å². The van der Waals surface area contributed by atoms with Gasteiger partial charge in [-0.1, -0.05) is 0 Å². The summed E-state index contributed by atoms with van der Waals surface area (Å²) >= 11 is 0. The maximum atomic E-state index is 12.4. The molecule has 0 saturated heterocycles. The first-order valence-electron chi connectivity index (χ1n) is 6.43. The standard InChI is InChI=1S/C13H20N2O4S/c1-8(9-4-5-9)15-20(16,17)13-6-10(14)11(18-2)7-12(13)19-3/h6-9,15H,4-5,14H2,1-3H3. The topological polar surface area (TPSA) is 90.6 Å². The second-order valence-corrected chi connectivity index (χ2v) is 6.67. The minimum atomic E-state index is -3.67. The predicted octanol–water partition coefficient (Wildman–Crippen LogP) is 1.36. The lowest BCUT2D eigenvalue weighted by Gasteiger charge is -2.16. The van der Waals surface area contributed by atoms with Crippen molar-refractivity contribution in [2.45, 2.75) is 30.7 Å². The van der Waals surface area contributed by atoms with Crippen molar-refractivity contribution in [2.24, 2.45) is 5.92 Å². The first kappa shape index (κ1) is 14.9. The number of rotatable bonds is 6. The Bertz CT molecular complexity index is 597. The Morgan fingerprint density at radius 3 is 2.35 bits per heavy atom. The summed E-state index contributed by atoms with van der Waals surface area (Å²) in [6.07, 6.45) is 2.12. The highest BCUT2D eigenvalue weighted by atomic mass is 32.2. The molecular weight excluding hydrogens is 280 g/mol. The Hall–Kier alpha value is -1.47. The van der Waals surface area contributed by atoms with Crippen molar-refractivity contribution in [1.29, 1.82) is 0 Å². The van der Waals surface area contributed by atoms with Crippen LogP contribution in [-0.4, -0.2) is 28.7 Å². The van der Waals surface area contributed by atoms with Crippen LogP contribution in [0.2, 0.25) is 0 Å².